The quantitative estimate of drug-likeness (QED) is 0.754. The fraction of sp³-hybridized carbons (Fsp3) is 0.333. The Hall–Kier alpha value is -1.46. The molecule has 0 amide bonds. The molecule has 6 heteroatoms. The Labute approximate surface area is 65.8 Å². The van der Waals surface area contributed by atoms with E-state index in [0.29, 0.717) is 0 Å². The summed E-state index contributed by atoms with van der Waals surface area (Å²) >= 11 is 0. The van der Waals surface area contributed by atoms with Crippen LogP contribution in [0.4, 0.5) is 8.78 Å². The summed E-state index contributed by atoms with van der Waals surface area (Å²) in [6.07, 6.45) is -3.16. The summed E-state index contributed by atoms with van der Waals surface area (Å²) in [5.41, 5.74) is -0.00204. The second-order valence-corrected chi connectivity index (χ2v) is 2.09. The number of carbonyl (C=O) groups is 1. The molecule has 0 fully saturated rings. The first-order valence-electron chi connectivity index (χ1n) is 3.05. The minimum absolute atomic E-state index is 0.00204. The largest absolute Gasteiger partial charge is 0.481 e. The maximum absolute atomic E-state index is 11.8. The van der Waals surface area contributed by atoms with E-state index in [-0.39, 0.29) is 5.69 Å². The van der Waals surface area contributed by atoms with Crippen molar-refractivity contribution < 1.29 is 23.2 Å². The molecule has 1 heterocycles. The summed E-state index contributed by atoms with van der Waals surface area (Å²) in [5.74, 6) is -1.74. The Morgan fingerprint density at radius 3 is 2.83 bits per heavy atom. The minimum Gasteiger partial charge on any atom is -0.481 e. The Kier molecular flexibility index (Phi) is 2.37. The van der Waals surface area contributed by atoms with Gasteiger partial charge in [0, 0.05) is 6.07 Å². The molecule has 4 nitrogen and oxygen atoms in total. The third-order valence-corrected chi connectivity index (χ3v) is 1.12. The van der Waals surface area contributed by atoms with Crippen LogP contribution in [0.15, 0.2) is 10.6 Å². The van der Waals surface area contributed by atoms with Crippen molar-refractivity contribution in [3.8, 4) is 0 Å². The first kappa shape index (κ1) is 8.63. The third kappa shape index (κ3) is 2.01. The van der Waals surface area contributed by atoms with Crippen LogP contribution in [0.3, 0.4) is 0 Å². The number of nitrogens with zero attached hydrogens (tertiary/aromatic N) is 1. The zero-order valence-electron chi connectivity index (χ0n) is 5.83. The number of carboxylic acids is 1. The van der Waals surface area contributed by atoms with Crippen LogP contribution in [0.2, 0.25) is 0 Å². The minimum atomic E-state index is -2.75. The third-order valence-electron chi connectivity index (χ3n) is 1.12. The van der Waals surface area contributed by atoms with Crippen molar-refractivity contribution in [1.82, 2.24) is 5.16 Å². The lowest BCUT2D eigenvalue weighted by Crippen LogP contribution is -1.99. The molecule has 0 spiro atoms. The summed E-state index contributed by atoms with van der Waals surface area (Å²) in [6.45, 7) is 0. The van der Waals surface area contributed by atoms with E-state index in [1.165, 1.54) is 0 Å². The Bertz CT molecular complexity index is 284. The van der Waals surface area contributed by atoms with Gasteiger partial charge in [0.25, 0.3) is 6.43 Å². The highest BCUT2D eigenvalue weighted by Crippen LogP contribution is 2.19. The molecule has 0 saturated heterocycles. The van der Waals surface area contributed by atoms with E-state index < -0.39 is 24.6 Å². The van der Waals surface area contributed by atoms with E-state index in [9.17, 15) is 13.6 Å². The number of carboxylic acid groups (broad SMARTS) is 1. The van der Waals surface area contributed by atoms with Crippen LogP contribution in [-0.2, 0) is 11.2 Å². The monoisotopic (exact) mass is 177 g/mol. The van der Waals surface area contributed by atoms with Crippen LogP contribution in [0.1, 0.15) is 17.9 Å². The summed E-state index contributed by atoms with van der Waals surface area (Å²) < 4.78 is 27.8. The standard InChI is InChI=1S/C6H5F2NO3/c7-6(8)4-1-3(9-12-4)2-5(10)11/h1,6H,2H2,(H,10,11). The van der Waals surface area contributed by atoms with Crippen molar-refractivity contribution >= 4 is 5.97 Å². The second kappa shape index (κ2) is 3.29. The number of hydrogen-bond donors (Lipinski definition) is 1. The molecular weight excluding hydrogens is 172 g/mol. The predicted molar refractivity (Wildman–Crippen MR) is 32.8 cm³/mol. The molecule has 0 aliphatic carbocycles. The van der Waals surface area contributed by atoms with E-state index in [2.05, 4.69) is 9.68 Å². The van der Waals surface area contributed by atoms with Crippen LogP contribution in [0.25, 0.3) is 0 Å². The van der Waals surface area contributed by atoms with Gasteiger partial charge in [-0.05, 0) is 0 Å². The maximum atomic E-state index is 11.8. The molecule has 1 N–H and O–H groups in total. The van der Waals surface area contributed by atoms with Gasteiger partial charge in [-0.25, -0.2) is 8.78 Å². The molecule has 0 aromatic carbocycles. The van der Waals surface area contributed by atoms with Gasteiger partial charge in [-0.2, -0.15) is 0 Å². The first-order chi connectivity index (χ1) is 5.59. The molecule has 0 aliphatic rings. The van der Waals surface area contributed by atoms with Gasteiger partial charge in [-0.1, -0.05) is 5.16 Å². The smallest absolute Gasteiger partial charge is 0.309 e. The van der Waals surface area contributed by atoms with Gasteiger partial charge in [0.1, 0.15) is 0 Å². The lowest BCUT2D eigenvalue weighted by Gasteiger charge is -1.85. The highest BCUT2D eigenvalue weighted by atomic mass is 19.3. The van der Waals surface area contributed by atoms with E-state index in [1.54, 1.807) is 0 Å². The predicted octanol–water partition coefficient (Wildman–Crippen LogP) is 1.24. The van der Waals surface area contributed by atoms with E-state index in [4.69, 9.17) is 5.11 Å². The normalized spacial score (nSPS) is 10.6. The molecule has 0 atom stereocenters. The molecule has 12 heavy (non-hydrogen) atoms. The number of hydrogen-bond acceptors (Lipinski definition) is 3. The summed E-state index contributed by atoms with van der Waals surface area (Å²) in [4.78, 5) is 10.1. The lowest BCUT2D eigenvalue weighted by atomic mass is 10.3. The zero-order chi connectivity index (χ0) is 9.14. The van der Waals surface area contributed by atoms with Gasteiger partial charge in [0.15, 0.2) is 0 Å². The van der Waals surface area contributed by atoms with E-state index in [0.717, 1.165) is 6.07 Å². The van der Waals surface area contributed by atoms with Gasteiger partial charge >= 0.3 is 5.97 Å². The van der Waals surface area contributed by atoms with Crippen molar-refractivity contribution in [3.05, 3.63) is 17.5 Å². The molecule has 0 radical (unpaired) electrons. The average Bonchev–Trinajstić information content (AvgIpc) is 2.34. The molecular formula is C6H5F2NO3. The van der Waals surface area contributed by atoms with Crippen LogP contribution in [0, 0.1) is 0 Å². The van der Waals surface area contributed by atoms with Crippen molar-refractivity contribution in [2.75, 3.05) is 0 Å². The molecule has 0 saturated carbocycles. The summed E-state index contributed by atoms with van der Waals surface area (Å²) in [6, 6.07) is 0.929. The molecule has 66 valence electrons. The van der Waals surface area contributed by atoms with Crippen molar-refractivity contribution in [2.45, 2.75) is 12.8 Å². The Balaban J connectivity index is 2.70. The summed E-state index contributed by atoms with van der Waals surface area (Å²) in [7, 11) is 0. The lowest BCUT2D eigenvalue weighted by molar-refractivity contribution is -0.136. The van der Waals surface area contributed by atoms with Crippen LogP contribution in [0.5, 0.6) is 0 Å². The Morgan fingerprint density at radius 2 is 2.42 bits per heavy atom. The number of halogens is 2. The number of aromatic nitrogens is 1. The molecule has 0 bridgehead atoms. The summed E-state index contributed by atoms with van der Waals surface area (Å²) in [5, 5.41) is 11.4. The average molecular weight is 177 g/mol. The molecule has 1 aromatic heterocycles. The van der Waals surface area contributed by atoms with Crippen molar-refractivity contribution in [3.63, 3.8) is 0 Å². The SMILES string of the molecule is O=C(O)Cc1cc(C(F)F)on1. The highest BCUT2D eigenvalue weighted by Gasteiger charge is 2.15. The van der Waals surface area contributed by atoms with Crippen LogP contribution < -0.4 is 0 Å². The first-order valence-corrected chi connectivity index (χ1v) is 3.05. The maximum Gasteiger partial charge on any atom is 0.309 e. The number of aliphatic carboxylic acids is 1. The van der Waals surface area contributed by atoms with Gasteiger partial charge < -0.3 is 9.63 Å². The number of alkyl halides is 2. The molecule has 0 unspecified atom stereocenters. The molecule has 0 aliphatic heterocycles. The fourth-order valence-corrected chi connectivity index (χ4v) is 0.669. The Morgan fingerprint density at radius 1 is 1.75 bits per heavy atom. The number of rotatable bonds is 3. The molecule has 1 rings (SSSR count). The van der Waals surface area contributed by atoms with Crippen molar-refractivity contribution in [2.24, 2.45) is 0 Å². The van der Waals surface area contributed by atoms with Gasteiger partial charge in [-0.15, -0.1) is 0 Å². The van der Waals surface area contributed by atoms with E-state index >= 15 is 0 Å². The van der Waals surface area contributed by atoms with Crippen LogP contribution in [-0.4, -0.2) is 16.2 Å². The van der Waals surface area contributed by atoms with Gasteiger partial charge in [0.2, 0.25) is 5.76 Å². The van der Waals surface area contributed by atoms with Gasteiger partial charge in [-0.3, -0.25) is 4.79 Å². The molecule has 1 aromatic rings. The zero-order valence-corrected chi connectivity index (χ0v) is 5.83. The second-order valence-electron chi connectivity index (χ2n) is 2.09. The van der Waals surface area contributed by atoms with Crippen molar-refractivity contribution in [1.29, 1.82) is 0 Å². The van der Waals surface area contributed by atoms with Gasteiger partial charge in [0.05, 0.1) is 12.1 Å². The topological polar surface area (TPSA) is 63.3 Å². The highest BCUT2D eigenvalue weighted by molar-refractivity contribution is 5.69. The van der Waals surface area contributed by atoms with E-state index in [1.807, 2.05) is 0 Å². The van der Waals surface area contributed by atoms with Crippen LogP contribution >= 0.6 is 0 Å². The fourth-order valence-electron chi connectivity index (χ4n) is 0.669.